The van der Waals surface area contributed by atoms with Gasteiger partial charge in [0.2, 0.25) is 0 Å². The van der Waals surface area contributed by atoms with E-state index >= 15 is 0 Å². The molecule has 9 nitrogen and oxygen atoms in total. The first-order chi connectivity index (χ1) is 17.5. The van der Waals surface area contributed by atoms with Gasteiger partial charge in [0.15, 0.2) is 0 Å². The van der Waals surface area contributed by atoms with Gasteiger partial charge < -0.3 is 9.64 Å². The molecule has 1 N–H and O–H groups in total. The number of halogens is 3. The fraction of sp³-hybridized carbons (Fsp3) is 0.292. The summed E-state index contributed by atoms with van der Waals surface area (Å²) in [7, 11) is -8.11. The number of amides is 1. The molecule has 3 rings (SSSR count). The van der Waals surface area contributed by atoms with Crippen LogP contribution in [0, 0.1) is 5.82 Å². The van der Waals surface area contributed by atoms with Crippen LogP contribution < -0.4 is 4.72 Å². The highest BCUT2D eigenvalue weighted by molar-refractivity contribution is 7.93. The number of anilines is 1. The number of rotatable bonds is 8. The zero-order valence-electron chi connectivity index (χ0n) is 20.9. The molecule has 0 saturated heterocycles. The average Bonchev–Trinajstić information content (AvgIpc) is 3.22. The van der Waals surface area contributed by atoms with Gasteiger partial charge in [0.1, 0.15) is 11.4 Å². The molecule has 0 fully saturated rings. The Hall–Kier alpha value is -3.52. The third-order valence-corrected chi connectivity index (χ3v) is 7.66. The van der Waals surface area contributed by atoms with Crippen LogP contribution in [0.4, 0.5) is 23.7 Å². The van der Waals surface area contributed by atoms with E-state index in [0.717, 1.165) is 28.2 Å². The topological polar surface area (TPSA) is 115 Å². The molecule has 3 aromatic rings. The standard InChI is InChI=1S/C24H26F3N3O6S2/c1-24(2,3)36-23(31)29(4)14-16-12-21(19-10-5-6-11-20(19)25)30(15-16)38(34,35)18-9-7-8-17(13-18)28-37(32,33)22(26)27/h5-13,15,22,28H,14H2,1-4H3. The van der Waals surface area contributed by atoms with E-state index in [1.807, 2.05) is 0 Å². The lowest BCUT2D eigenvalue weighted by Crippen LogP contribution is -2.33. The van der Waals surface area contributed by atoms with E-state index in [1.54, 1.807) is 25.5 Å². The molecule has 0 saturated carbocycles. The largest absolute Gasteiger partial charge is 0.444 e. The summed E-state index contributed by atoms with van der Waals surface area (Å²) >= 11 is 0. The number of hydrogen-bond donors (Lipinski definition) is 1. The lowest BCUT2D eigenvalue weighted by molar-refractivity contribution is 0.0285. The molecule has 0 aliphatic heterocycles. The second kappa shape index (κ2) is 10.7. The van der Waals surface area contributed by atoms with Crippen molar-refractivity contribution in [2.24, 2.45) is 0 Å². The molecule has 0 bridgehead atoms. The van der Waals surface area contributed by atoms with Crippen LogP contribution in [0.3, 0.4) is 0 Å². The van der Waals surface area contributed by atoms with Crippen molar-refractivity contribution in [2.75, 3.05) is 11.8 Å². The summed E-state index contributed by atoms with van der Waals surface area (Å²) < 4.78 is 98.4. The maximum Gasteiger partial charge on any atom is 0.410 e. The molecule has 14 heteroatoms. The molecule has 0 radical (unpaired) electrons. The molecule has 38 heavy (non-hydrogen) atoms. The number of nitrogens with zero attached hydrogens (tertiary/aromatic N) is 2. The van der Waals surface area contributed by atoms with Crippen LogP contribution >= 0.6 is 0 Å². The first-order valence-corrected chi connectivity index (χ1v) is 14.1. The number of aromatic nitrogens is 1. The van der Waals surface area contributed by atoms with E-state index in [-0.39, 0.29) is 17.8 Å². The van der Waals surface area contributed by atoms with Crippen LogP contribution in [0.15, 0.2) is 65.7 Å². The van der Waals surface area contributed by atoms with Gasteiger partial charge in [-0.3, -0.25) is 4.72 Å². The Labute approximate surface area is 218 Å². The predicted molar refractivity (Wildman–Crippen MR) is 135 cm³/mol. The molecular weight excluding hydrogens is 547 g/mol. The molecular formula is C24H26F3N3O6S2. The summed E-state index contributed by atoms with van der Waals surface area (Å²) in [4.78, 5) is 13.2. The normalized spacial score (nSPS) is 12.4. The highest BCUT2D eigenvalue weighted by Crippen LogP contribution is 2.30. The predicted octanol–water partition coefficient (Wildman–Crippen LogP) is 4.86. The Morgan fingerprint density at radius 1 is 1.05 bits per heavy atom. The molecule has 0 unspecified atom stereocenters. The second-order valence-corrected chi connectivity index (χ2v) is 12.8. The maximum atomic E-state index is 14.7. The van der Waals surface area contributed by atoms with Crippen molar-refractivity contribution in [3.8, 4) is 11.3 Å². The molecule has 0 atom stereocenters. The monoisotopic (exact) mass is 573 g/mol. The molecule has 206 valence electrons. The number of ether oxygens (including phenoxy) is 1. The van der Waals surface area contributed by atoms with E-state index in [4.69, 9.17) is 4.74 Å². The van der Waals surface area contributed by atoms with Gasteiger partial charge >= 0.3 is 11.9 Å². The van der Waals surface area contributed by atoms with Gasteiger partial charge in [0, 0.05) is 18.8 Å². The summed E-state index contributed by atoms with van der Waals surface area (Å²) in [5, 5.41) is 0. The summed E-state index contributed by atoms with van der Waals surface area (Å²) in [5.74, 6) is -4.45. The van der Waals surface area contributed by atoms with Gasteiger partial charge in [-0.1, -0.05) is 18.2 Å². The third kappa shape index (κ3) is 6.67. The minimum absolute atomic E-state index is 0.0585. The smallest absolute Gasteiger partial charge is 0.410 e. The minimum Gasteiger partial charge on any atom is -0.444 e. The van der Waals surface area contributed by atoms with Crippen LogP contribution in [0.1, 0.15) is 26.3 Å². The number of sulfonamides is 1. The summed E-state index contributed by atoms with van der Waals surface area (Å²) in [5.41, 5.74) is -0.993. The first kappa shape index (κ1) is 29.0. The zero-order chi connectivity index (χ0) is 28.5. The number of carbonyl (C=O) groups is 1. The summed E-state index contributed by atoms with van der Waals surface area (Å²) in [6, 6.07) is 11.1. The molecule has 1 heterocycles. The van der Waals surface area contributed by atoms with Crippen molar-refractivity contribution in [3.05, 3.63) is 72.2 Å². The Kier molecular flexibility index (Phi) is 8.17. The molecule has 0 aliphatic rings. The first-order valence-electron chi connectivity index (χ1n) is 11.1. The molecule has 1 amide bonds. The number of carbonyl (C=O) groups excluding carboxylic acids is 1. The van der Waals surface area contributed by atoms with Crippen molar-refractivity contribution in [1.29, 1.82) is 0 Å². The van der Waals surface area contributed by atoms with Gasteiger partial charge in [-0.15, -0.1) is 0 Å². The number of hydrogen-bond acceptors (Lipinski definition) is 6. The number of nitrogens with one attached hydrogen (secondary N) is 1. The van der Waals surface area contributed by atoms with Gasteiger partial charge in [-0.05, 0) is 62.7 Å². The van der Waals surface area contributed by atoms with Crippen LogP contribution in [-0.2, 0) is 31.3 Å². The Morgan fingerprint density at radius 2 is 1.71 bits per heavy atom. The van der Waals surface area contributed by atoms with Gasteiger partial charge in [-0.2, -0.15) is 8.78 Å². The van der Waals surface area contributed by atoms with E-state index < -0.39 is 53.9 Å². The van der Waals surface area contributed by atoms with Crippen molar-refractivity contribution >= 4 is 31.8 Å². The highest BCUT2D eigenvalue weighted by atomic mass is 32.2. The summed E-state index contributed by atoms with van der Waals surface area (Å²) in [6.45, 7) is 4.97. The fourth-order valence-corrected chi connectivity index (χ4v) is 5.35. The van der Waals surface area contributed by atoms with Crippen LogP contribution in [-0.4, -0.2) is 50.2 Å². The van der Waals surface area contributed by atoms with Crippen LogP contribution in [0.5, 0.6) is 0 Å². The quantitative estimate of drug-likeness (QED) is 0.412. The highest BCUT2D eigenvalue weighted by Gasteiger charge is 2.27. The van der Waals surface area contributed by atoms with E-state index in [9.17, 15) is 34.8 Å². The van der Waals surface area contributed by atoms with E-state index in [1.165, 1.54) is 48.5 Å². The Morgan fingerprint density at radius 3 is 2.32 bits per heavy atom. The molecule has 0 spiro atoms. The SMILES string of the molecule is CN(Cc1cc(-c2ccccc2F)n(S(=O)(=O)c2cccc(NS(=O)(=O)C(F)F)c2)c1)C(=O)OC(C)(C)C. The van der Waals surface area contributed by atoms with Crippen molar-refractivity contribution in [1.82, 2.24) is 8.87 Å². The average molecular weight is 574 g/mol. The second-order valence-electron chi connectivity index (χ2n) is 9.29. The van der Waals surface area contributed by atoms with Crippen molar-refractivity contribution in [2.45, 2.75) is 43.6 Å². The molecule has 0 aliphatic carbocycles. The van der Waals surface area contributed by atoms with Gasteiger partial charge in [0.05, 0.1) is 22.8 Å². The Balaban J connectivity index is 2.08. The van der Waals surface area contributed by atoms with Crippen molar-refractivity contribution in [3.63, 3.8) is 0 Å². The number of benzene rings is 2. The summed E-state index contributed by atoms with van der Waals surface area (Å²) in [6.07, 6.45) is 0.521. The van der Waals surface area contributed by atoms with Gasteiger partial charge in [0.25, 0.3) is 20.0 Å². The lowest BCUT2D eigenvalue weighted by Gasteiger charge is -2.24. The van der Waals surface area contributed by atoms with Crippen LogP contribution in [0.2, 0.25) is 0 Å². The van der Waals surface area contributed by atoms with E-state index in [0.29, 0.717) is 5.56 Å². The molecule has 2 aromatic carbocycles. The molecule has 1 aromatic heterocycles. The van der Waals surface area contributed by atoms with Crippen LogP contribution in [0.25, 0.3) is 11.3 Å². The maximum absolute atomic E-state index is 14.7. The van der Waals surface area contributed by atoms with E-state index in [2.05, 4.69) is 0 Å². The minimum atomic E-state index is -5.05. The zero-order valence-corrected chi connectivity index (χ0v) is 22.5. The number of alkyl halides is 2. The Bertz CT molecular complexity index is 1550. The van der Waals surface area contributed by atoms with Gasteiger partial charge in [-0.25, -0.2) is 30.0 Å². The fourth-order valence-electron chi connectivity index (χ4n) is 3.37. The van der Waals surface area contributed by atoms with Crippen molar-refractivity contribution < 1.29 is 39.5 Å². The third-order valence-electron chi connectivity index (χ3n) is 5.00. The lowest BCUT2D eigenvalue weighted by atomic mass is 10.1.